The molecule has 4 rings (SSSR count). The molecule has 0 radical (unpaired) electrons. The highest BCUT2D eigenvalue weighted by Crippen LogP contribution is 2.30. The average Bonchev–Trinajstić information content (AvgIpc) is 2.91. The second kappa shape index (κ2) is 10.5. The Hall–Kier alpha value is -3.73. The fourth-order valence-electron chi connectivity index (χ4n) is 4.22. The van der Waals surface area contributed by atoms with E-state index in [-0.39, 0.29) is 5.57 Å². The summed E-state index contributed by atoms with van der Waals surface area (Å²) in [5.74, 6) is -0.484. The normalized spacial score (nSPS) is 12.1. The lowest BCUT2D eigenvalue weighted by Crippen LogP contribution is -2.69. The van der Waals surface area contributed by atoms with Crippen molar-refractivity contribution in [2.24, 2.45) is 0 Å². The fraction of sp³-hybridized carbons (Fsp3) is 0.100. The Morgan fingerprint density at radius 3 is 1.50 bits per heavy atom. The van der Waals surface area contributed by atoms with Crippen LogP contribution < -0.4 is 15.6 Å². The van der Waals surface area contributed by atoms with E-state index in [1.807, 2.05) is 85.8 Å². The molecule has 170 valence electrons. The molecular formula is C30H28O3Si. The first-order valence-corrected chi connectivity index (χ1v) is 13.1. The van der Waals surface area contributed by atoms with Crippen LogP contribution in [0.3, 0.4) is 0 Å². The maximum Gasteiger partial charge on any atom is 0.336 e. The van der Waals surface area contributed by atoms with Crippen LogP contribution in [-0.2, 0) is 14.0 Å². The van der Waals surface area contributed by atoms with E-state index >= 15 is 0 Å². The Kier molecular flexibility index (Phi) is 7.21. The van der Waals surface area contributed by atoms with Crippen LogP contribution in [0.1, 0.15) is 17.2 Å². The maximum absolute atomic E-state index is 12.7. The predicted molar refractivity (Wildman–Crippen MR) is 140 cm³/mol. The standard InChI is InChI=1S/C30H28O3Si/c1-23-19-21-25(22-20-23)29(24(2)30(31)32-3)33-34(26-13-7-4-8-14-26,27-15-9-5-10-16-27)28-17-11-6-12-18-28/h4-22,29H,2H2,1,3H3/t29-/m1/s1. The number of esters is 1. The third kappa shape index (κ3) is 4.64. The first kappa shape index (κ1) is 23.4. The first-order valence-electron chi connectivity index (χ1n) is 11.2. The molecule has 0 aliphatic rings. The summed E-state index contributed by atoms with van der Waals surface area (Å²) in [7, 11) is -1.70. The minimum Gasteiger partial charge on any atom is -0.466 e. The summed E-state index contributed by atoms with van der Waals surface area (Å²) < 4.78 is 12.3. The molecule has 4 aromatic rings. The van der Waals surface area contributed by atoms with E-state index in [1.165, 1.54) is 7.11 Å². The molecule has 34 heavy (non-hydrogen) atoms. The minimum absolute atomic E-state index is 0.269. The summed E-state index contributed by atoms with van der Waals surface area (Å²) in [6.45, 7) is 6.15. The van der Waals surface area contributed by atoms with Crippen LogP contribution in [0.5, 0.6) is 0 Å². The summed E-state index contributed by atoms with van der Waals surface area (Å²) in [6, 6.07) is 38.9. The molecule has 0 spiro atoms. The molecule has 0 heterocycles. The molecule has 3 nitrogen and oxygen atoms in total. The number of carbonyl (C=O) groups excluding carboxylic acids is 1. The van der Waals surface area contributed by atoms with Gasteiger partial charge in [-0.25, -0.2) is 4.79 Å². The van der Waals surface area contributed by atoms with Crippen molar-refractivity contribution in [3.63, 3.8) is 0 Å². The molecule has 0 bridgehead atoms. The number of methoxy groups -OCH3 is 1. The second-order valence-corrected chi connectivity index (χ2v) is 11.5. The molecule has 0 aliphatic carbocycles. The number of hydrogen-bond acceptors (Lipinski definition) is 3. The number of hydrogen-bond donors (Lipinski definition) is 0. The molecule has 1 atom stereocenters. The highest BCUT2D eigenvalue weighted by molar-refractivity contribution is 7.07. The zero-order valence-electron chi connectivity index (χ0n) is 19.5. The molecule has 0 amide bonds. The van der Waals surface area contributed by atoms with Gasteiger partial charge in [-0.1, -0.05) is 127 Å². The van der Waals surface area contributed by atoms with E-state index in [0.717, 1.165) is 26.7 Å². The topological polar surface area (TPSA) is 35.5 Å². The average molecular weight is 465 g/mol. The van der Waals surface area contributed by atoms with Crippen LogP contribution in [0.4, 0.5) is 0 Å². The number of ether oxygens (including phenoxy) is 1. The van der Waals surface area contributed by atoms with Crippen molar-refractivity contribution in [2.75, 3.05) is 7.11 Å². The van der Waals surface area contributed by atoms with Crippen molar-refractivity contribution in [3.8, 4) is 0 Å². The van der Waals surface area contributed by atoms with Crippen LogP contribution >= 0.6 is 0 Å². The van der Waals surface area contributed by atoms with Crippen molar-refractivity contribution in [2.45, 2.75) is 13.0 Å². The first-order chi connectivity index (χ1) is 16.6. The predicted octanol–water partition coefficient (Wildman–Crippen LogP) is 4.45. The van der Waals surface area contributed by atoms with E-state index in [2.05, 4.69) is 43.0 Å². The largest absolute Gasteiger partial charge is 0.466 e. The van der Waals surface area contributed by atoms with Gasteiger partial charge in [0, 0.05) is 0 Å². The smallest absolute Gasteiger partial charge is 0.336 e. The summed E-state index contributed by atoms with van der Waals surface area (Å²) >= 11 is 0. The van der Waals surface area contributed by atoms with Crippen LogP contribution in [0.2, 0.25) is 0 Å². The molecule has 0 fully saturated rings. The maximum atomic E-state index is 12.7. The third-order valence-electron chi connectivity index (χ3n) is 5.98. The molecule has 0 saturated carbocycles. The molecule has 0 N–H and O–H groups in total. The van der Waals surface area contributed by atoms with Gasteiger partial charge in [0.15, 0.2) is 0 Å². The fourth-order valence-corrected chi connectivity index (χ4v) is 8.24. The molecule has 0 saturated heterocycles. The highest BCUT2D eigenvalue weighted by Gasteiger charge is 2.45. The Morgan fingerprint density at radius 1 is 0.706 bits per heavy atom. The molecule has 4 heteroatoms. The summed E-state index contributed by atoms with van der Waals surface area (Å²) in [6.07, 6.45) is -0.680. The Morgan fingerprint density at radius 2 is 1.12 bits per heavy atom. The van der Waals surface area contributed by atoms with Gasteiger partial charge < -0.3 is 9.16 Å². The minimum atomic E-state index is -3.07. The van der Waals surface area contributed by atoms with E-state index in [1.54, 1.807) is 0 Å². The van der Waals surface area contributed by atoms with E-state index < -0.39 is 20.4 Å². The molecular weight excluding hydrogens is 436 g/mol. The zero-order chi connectivity index (χ0) is 24.0. The van der Waals surface area contributed by atoms with Gasteiger partial charge in [-0.2, -0.15) is 0 Å². The zero-order valence-corrected chi connectivity index (χ0v) is 20.5. The molecule has 0 unspecified atom stereocenters. The van der Waals surface area contributed by atoms with Crippen LogP contribution in [0.25, 0.3) is 0 Å². The monoisotopic (exact) mass is 464 g/mol. The lowest BCUT2D eigenvalue weighted by atomic mass is 10.0. The van der Waals surface area contributed by atoms with Crippen molar-refractivity contribution >= 4 is 29.8 Å². The van der Waals surface area contributed by atoms with E-state index in [4.69, 9.17) is 9.16 Å². The van der Waals surface area contributed by atoms with Crippen LogP contribution in [0, 0.1) is 6.92 Å². The van der Waals surface area contributed by atoms with Crippen LogP contribution in [0.15, 0.2) is 127 Å². The lowest BCUT2D eigenvalue weighted by Gasteiger charge is -2.37. The van der Waals surface area contributed by atoms with Crippen molar-refractivity contribution in [1.29, 1.82) is 0 Å². The second-order valence-electron chi connectivity index (χ2n) is 8.20. The number of rotatable bonds is 8. The lowest BCUT2D eigenvalue weighted by molar-refractivity contribution is -0.137. The number of carbonyl (C=O) groups is 1. The van der Waals surface area contributed by atoms with Crippen molar-refractivity contribution in [3.05, 3.63) is 139 Å². The Bertz CT molecular complexity index is 1140. The van der Waals surface area contributed by atoms with Gasteiger partial charge in [0.05, 0.1) is 12.7 Å². The van der Waals surface area contributed by atoms with Gasteiger partial charge in [0.1, 0.15) is 6.10 Å². The summed E-state index contributed by atoms with van der Waals surface area (Å²) in [5, 5.41) is 3.26. The summed E-state index contributed by atoms with van der Waals surface area (Å²) in [5.41, 5.74) is 2.26. The third-order valence-corrected chi connectivity index (χ3v) is 10.0. The van der Waals surface area contributed by atoms with Gasteiger partial charge in [-0.05, 0) is 28.0 Å². The molecule has 0 aromatic heterocycles. The SMILES string of the molecule is C=C(C(=O)OC)[C@@H](O[Si](c1ccccc1)(c1ccccc1)c1ccccc1)c1ccc(C)cc1. The van der Waals surface area contributed by atoms with Crippen molar-refractivity contribution < 1.29 is 14.0 Å². The van der Waals surface area contributed by atoms with Crippen molar-refractivity contribution in [1.82, 2.24) is 0 Å². The summed E-state index contributed by atoms with van der Waals surface area (Å²) in [4.78, 5) is 12.7. The van der Waals surface area contributed by atoms with E-state index in [0.29, 0.717) is 0 Å². The molecule has 0 aliphatic heterocycles. The quantitative estimate of drug-likeness (QED) is 0.167. The molecule has 4 aromatic carbocycles. The number of benzene rings is 4. The van der Waals surface area contributed by atoms with Gasteiger partial charge in [-0.3, -0.25) is 0 Å². The number of aryl methyl sites for hydroxylation is 1. The Labute approximate surface area is 202 Å². The van der Waals surface area contributed by atoms with Gasteiger partial charge >= 0.3 is 5.97 Å². The van der Waals surface area contributed by atoms with Crippen LogP contribution in [-0.4, -0.2) is 21.4 Å². The van der Waals surface area contributed by atoms with Gasteiger partial charge in [0.25, 0.3) is 8.32 Å². The highest BCUT2D eigenvalue weighted by atomic mass is 28.4. The van der Waals surface area contributed by atoms with Gasteiger partial charge in [0.2, 0.25) is 0 Å². The van der Waals surface area contributed by atoms with E-state index in [9.17, 15) is 4.79 Å². The van der Waals surface area contributed by atoms with Gasteiger partial charge in [-0.15, -0.1) is 0 Å². The Balaban J connectivity index is 1.99.